The van der Waals surface area contributed by atoms with E-state index in [0.717, 1.165) is 0 Å². The highest BCUT2D eigenvalue weighted by molar-refractivity contribution is 5.81. The first-order valence-electron chi connectivity index (χ1n) is 9.38. The second-order valence-corrected chi connectivity index (χ2v) is 7.02. The van der Waals surface area contributed by atoms with E-state index in [2.05, 4.69) is 26.8 Å². The summed E-state index contributed by atoms with van der Waals surface area (Å²) in [5.74, 6) is 4.80. The molecule has 0 unspecified atom stereocenters. The predicted octanol–water partition coefficient (Wildman–Crippen LogP) is -1.84. The van der Waals surface area contributed by atoms with Crippen molar-refractivity contribution in [3.05, 3.63) is 12.7 Å². The van der Waals surface area contributed by atoms with Gasteiger partial charge in [0.05, 0.1) is 12.9 Å². The van der Waals surface area contributed by atoms with Crippen LogP contribution in [0.15, 0.2) is 12.7 Å². The molecule has 12 heteroatoms. The minimum Gasteiger partial charge on any atom is -0.480 e. The highest BCUT2D eigenvalue weighted by Gasteiger charge is 2.44. The van der Waals surface area contributed by atoms with Gasteiger partial charge in [-0.1, -0.05) is 5.92 Å². The lowest BCUT2D eigenvalue weighted by atomic mass is 10.1. The molecule has 0 spiro atoms. The Morgan fingerprint density at radius 3 is 2.83 bits per heavy atom. The van der Waals surface area contributed by atoms with Gasteiger partial charge < -0.3 is 31.5 Å². The Morgan fingerprint density at radius 1 is 1.37 bits per heavy atom. The van der Waals surface area contributed by atoms with Gasteiger partial charge in [0, 0.05) is 13.1 Å². The second kappa shape index (κ2) is 9.33. The molecule has 1 saturated heterocycles. The van der Waals surface area contributed by atoms with E-state index in [9.17, 15) is 15.0 Å². The molecule has 0 amide bonds. The molecule has 0 aromatic carbocycles. The molecule has 2 aromatic heterocycles. The Bertz CT molecular complexity index is 955. The van der Waals surface area contributed by atoms with E-state index in [1.165, 1.54) is 17.2 Å². The van der Waals surface area contributed by atoms with Crippen LogP contribution in [-0.2, 0) is 9.53 Å². The molecule has 0 bridgehead atoms. The first kappa shape index (κ1) is 21.9. The van der Waals surface area contributed by atoms with E-state index < -0.39 is 36.6 Å². The summed E-state index contributed by atoms with van der Waals surface area (Å²) in [5.41, 5.74) is 12.1. The van der Waals surface area contributed by atoms with E-state index >= 15 is 0 Å². The van der Waals surface area contributed by atoms with Crippen LogP contribution in [0.3, 0.4) is 0 Å². The second-order valence-electron chi connectivity index (χ2n) is 7.02. The molecule has 1 aliphatic heterocycles. The van der Waals surface area contributed by atoms with E-state index in [1.807, 2.05) is 4.90 Å². The fourth-order valence-electron chi connectivity index (χ4n) is 3.29. The number of carbonyl (C=O) groups is 1. The van der Waals surface area contributed by atoms with Gasteiger partial charge in [-0.25, -0.2) is 15.0 Å². The zero-order chi connectivity index (χ0) is 21.8. The summed E-state index contributed by atoms with van der Waals surface area (Å²) in [6.07, 6.45) is -1.18. The number of aliphatic carboxylic acids is 1. The lowest BCUT2D eigenvalue weighted by molar-refractivity contribution is -0.138. The van der Waals surface area contributed by atoms with Crippen LogP contribution in [0.4, 0.5) is 5.82 Å². The maximum absolute atomic E-state index is 11.0. The minimum absolute atomic E-state index is 0.197. The summed E-state index contributed by atoms with van der Waals surface area (Å²) in [6.45, 7) is 2.60. The van der Waals surface area contributed by atoms with Crippen LogP contribution in [0.25, 0.3) is 11.2 Å². The zero-order valence-corrected chi connectivity index (χ0v) is 16.4. The molecule has 30 heavy (non-hydrogen) atoms. The van der Waals surface area contributed by atoms with E-state index in [0.29, 0.717) is 24.3 Å². The third kappa shape index (κ3) is 4.50. The molecule has 0 aliphatic carbocycles. The standard InChI is InChI=1S/C18H25N7O5/c1-2-3-5-24(6-4-10(19)18(28)29)7-11-13(26)14(27)17(30-11)25-9-23-12-15(20)21-8-22-16(12)25/h8-11,13-14,17,26-27H,4-7,19H2,1H3,(H,28,29)(H2,20,21,22)/t10-,11+,13+,14+,17+/m0/s1. The molecule has 3 heterocycles. The van der Waals surface area contributed by atoms with Crippen LogP contribution in [0, 0.1) is 11.8 Å². The molecular formula is C18H25N7O5. The van der Waals surface area contributed by atoms with E-state index in [1.54, 1.807) is 6.92 Å². The summed E-state index contributed by atoms with van der Waals surface area (Å²) in [4.78, 5) is 25.0. The molecule has 0 radical (unpaired) electrons. The number of nitrogen functional groups attached to an aromatic ring is 1. The van der Waals surface area contributed by atoms with Crippen molar-refractivity contribution in [1.82, 2.24) is 24.4 Å². The van der Waals surface area contributed by atoms with Gasteiger partial charge in [0.15, 0.2) is 17.7 Å². The molecule has 1 aliphatic rings. The quantitative estimate of drug-likeness (QED) is 0.302. The van der Waals surface area contributed by atoms with Gasteiger partial charge in [-0.3, -0.25) is 14.3 Å². The molecule has 7 N–H and O–H groups in total. The number of carboxylic acid groups (broad SMARTS) is 1. The number of fused-ring (bicyclic) bond motifs is 1. The number of nitrogens with zero attached hydrogens (tertiary/aromatic N) is 5. The topological polar surface area (TPSA) is 186 Å². The Morgan fingerprint density at radius 2 is 2.13 bits per heavy atom. The average molecular weight is 419 g/mol. The van der Waals surface area contributed by atoms with Gasteiger partial charge in [0.1, 0.15) is 36.2 Å². The van der Waals surface area contributed by atoms with E-state index in [4.69, 9.17) is 21.3 Å². The van der Waals surface area contributed by atoms with Gasteiger partial charge in [-0.05, 0) is 13.3 Å². The molecule has 162 valence electrons. The van der Waals surface area contributed by atoms with Crippen molar-refractivity contribution in [3.63, 3.8) is 0 Å². The van der Waals surface area contributed by atoms with Crippen molar-refractivity contribution < 1.29 is 24.9 Å². The zero-order valence-electron chi connectivity index (χ0n) is 16.4. The number of hydrogen-bond acceptors (Lipinski definition) is 10. The number of imidazole rings is 1. The Balaban J connectivity index is 1.74. The maximum Gasteiger partial charge on any atom is 0.320 e. The van der Waals surface area contributed by atoms with Crippen LogP contribution in [0.2, 0.25) is 0 Å². The van der Waals surface area contributed by atoms with Crippen molar-refractivity contribution in [2.45, 2.75) is 43.9 Å². The third-order valence-electron chi connectivity index (χ3n) is 4.99. The first-order valence-corrected chi connectivity index (χ1v) is 9.38. The molecule has 2 aromatic rings. The maximum atomic E-state index is 11.0. The Hall–Kier alpha value is -2.82. The van der Waals surface area contributed by atoms with Crippen molar-refractivity contribution >= 4 is 23.0 Å². The SMILES string of the molecule is CC#CCN(CC[C@H](N)C(=O)O)C[C@H]1O[C@@H](n2cnc3c(N)ncnc32)[C@H](O)[C@@H]1O. The number of carboxylic acids is 1. The van der Waals surface area contributed by atoms with Crippen molar-refractivity contribution in [2.75, 3.05) is 25.4 Å². The number of hydrogen-bond donors (Lipinski definition) is 5. The number of aromatic nitrogens is 4. The van der Waals surface area contributed by atoms with Gasteiger partial charge >= 0.3 is 5.97 Å². The Kier molecular flexibility index (Phi) is 6.80. The van der Waals surface area contributed by atoms with Gasteiger partial charge in [0.25, 0.3) is 0 Å². The van der Waals surface area contributed by atoms with E-state index in [-0.39, 0.29) is 18.8 Å². The first-order chi connectivity index (χ1) is 14.3. The summed E-state index contributed by atoms with van der Waals surface area (Å²) in [5, 5.41) is 30.1. The minimum atomic E-state index is -1.23. The number of anilines is 1. The highest BCUT2D eigenvalue weighted by Crippen LogP contribution is 2.32. The smallest absolute Gasteiger partial charge is 0.320 e. The lowest BCUT2D eigenvalue weighted by Gasteiger charge is -2.25. The van der Waals surface area contributed by atoms with Crippen molar-refractivity contribution in [3.8, 4) is 11.8 Å². The highest BCUT2D eigenvalue weighted by atomic mass is 16.6. The molecule has 0 saturated carbocycles. The molecule has 1 fully saturated rings. The molecule has 3 rings (SSSR count). The largest absolute Gasteiger partial charge is 0.480 e. The summed E-state index contributed by atoms with van der Waals surface area (Å²) in [7, 11) is 0. The monoisotopic (exact) mass is 419 g/mol. The van der Waals surface area contributed by atoms with Crippen LogP contribution in [0.1, 0.15) is 19.6 Å². The van der Waals surface area contributed by atoms with Gasteiger partial charge in [-0.15, -0.1) is 5.92 Å². The molecule has 12 nitrogen and oxygen atoms in total. The Labute approximate surface area is 172 Å². The summed E-state index contributed by atoms with van der Waals surface area (Å²) in [6, 6.07) is -1.00. The molecule has 5 atom stereocenters. The lowest BCUT2D eigenvalue weighted by Crippen LogP contribution is -2.42. The summed E-state index contributed by atoms with van der Waals surface area (Å²) >= 11 is 0. The number of aliphatic hydroxyl groups is 2. The van der Waals surface area contributed by atoms with Crippen LogP contribution >= 0.6 is 0 Å². The number of aliphatic hydroxyl groups excluding tert-OH is 2. The van der Waals surface area contributed by atoms with Gasteiger partial charge in [-0.2, -0.15) is 0 Å². The van der Waals surface area contributed by atoms with Crippen molar-refractivity contribution in [1.29, 1.82) is 0 Å². The normalized spacial score (nSPS) is 24.7. The third-order valence-corrected chi connectivity index (χ3v) is 4.99. The van der Waals surface area contributed by atoms with Gasteiger partial charge in [0.2, 0.25) is 0 Å². The van der Waals surface area contributed by atoms with Crippen LogP contribution in [0.5, 0.6) is 0 Å². The average Bonchev–Trinajstić information content (AvgIpc) is 3.26. The number of nitrogens with two attached hydrogens (primary N) is 2. The molecular weight excluding hydrogens is 394 g/mol. The van der Waals surface area contributed by atoms with Crippen molar-refractivity contribution in [2.24, 2.45) is 5.73 Å². The summed E-state index contributed by atoms with van der Waals surface area (Å²) < 4.78 is 7.43. The fraction of sp³-hybridized carbons (Fsp3) is 0.556. The van der Waals surface area contributed by atoms with Crippen LogP contribution in [-0.4, -0.2) is 89.7 Å². The number of ether oxygens (including phenoxy) is 1. The van der Waals surface area contributed by atoms with Crippen LogP contribution < -0.4 is 11.5 Å². The fourth-order valence-corrected chi connectivity index (χ4v) is 3.29. The number of rotatable bonds is 8. The predicted molar refractivity (Wildman–Crippen MR) is 106 cm³/mol.